The van der Waals surface area contributed by atoms with Crippen LogP contribution in [-0.2, 0) is 0 Å². The Morgan fingerprint density at radius 3 is 3.00 bits per heavy atom. The highest BCUT2D eigenvalue weighted by molar-refractivity contribution is 5.76. The molecule has 6 heteroatoms. The van der Waals surface area contributed by atoms with Crippen molar-refractivity contribution in [2.24, 2.45) is 0 Å². The van der Waals surface area contributed by atoms with E-state index in [0.29, 0.717) is 37.6 Å². The number of nitrogens with zero attached hydrogens (tertiary/aromatic N) is 1. The highest BCUT2D eigenvalue weighted by Crippen LogP contribution is 2.19. The first-order valence-corrected chi connectivity index (χ1v) is 5.80. The first-order chi connectivity index (χ1) is 8.69. The van der Waals surface area contributed by atoms with Crippen LogP contribution < -0.4 is 15.4 Å². The predicted octanol–water partition coefficient (Wildman–Crippen LogP) is 1.27. The van der Waals surface area contributed by atoms with Gasteiger partial charge in [0.15, 0.2) is 0 Å². The highest BCUT2D eigenvalue weighted by atomic mass is 19.1. The standard InChI is InChI=1S/C12H16FN3O2/c1-18-11-7-9(13)6-10(8-11)14-2-4-16-5-3-15-12(16)17/h6-8,14H,2-5H2,1H3,(H,15,17). The summed E-state index contributed by atoms with van der Waals surface area (Å²) in [5.74, 6) is 0.118. The Morgan fingerprint density at radius 1 is 1.50 bits per heavy atom. The van der Waals surface area contributed by atoms with Gasteiger partial charge in [-0.2, -0.15) is 0 Å². The first-order valence-electron chi connectivity index (χ1n) is 5.80. The number of halogens is 1. The van der Waals surface area contributed by atoms with Crippen LogP contribution in [0.15, 0.2) is 18.2 Å². The Balaban J connectivity index is 1.86. The molecule has 1 aromatic carbocycles. The third-order valence-corrected chi connectivity index (χ3v) is 2.76. The summed E-state index contributed by atoms with van der Waals surface area (Å²) in [4.78, 5) is 13.0. The molecule has 0 unspecified atom stereocenters. The summed E-state index contributed by atoms with van der Waals surface area (Å²) in [6, 6.07) is 4.38. The van der Waals surface area contributed by atoms with Gasteiger partial charge in [-0.1, -0.05) is 0 Å². The predicted molar refractivity (Wildman–Crippen MR) is 66.4 cm³/mol. The molecule has 0 atom stereocenters. The minimum absolute atomic E-state index is 0.0476. The topological polar surface area (TPSA) is 53.6 Å². The molecule has 2 amide bonds. The fourth-order valence-electron chi connectivity index (χ4n) is 1.84. The molecule has 1 heterocycles. The van der Waals surface area contributed by atoms with Crippen LogP contribution in [0.2, 0.25) is 0 Å². The first kappa shape index (κ1) is 12.5. The van der Waals surface area contributed by atoms with Crippen molar-refractivity contribution in [3.63, 3.8) is 0 Å². The molecule has 1 saturated heterocycles. The molecule has 5 nitrogen and oxygen atoms in total. The van der Waals surface area contributed by atoms with Crippen LogP contribution in [-0.4, -0.2) is 44.2 Å². The lowest BCUT2D eigenvalue weighted by atomic mass is 10.3. The number of carbonyl (C=O) groups excluding carboxylic acids is 1. The van der Waals surface area contributed by atoms with Gasteiger partial charge in [-0.05, 0) is 6.07 Å². The molecular formula is C12H16FN3O2. The molecule has 1 aliphatic heterocycles. The number of ether oxygens (including phenoxy) is 1. The number of nitrogens with one attached hydrogen (secondary N) is 2. The Morgan fingerprint density at radius 2 is 2.33 bits per heavy atom. The third kappa shape index (κ3) is 3.03. The lowest BCUT2D eigenvalue weighted by molar-refractivity contribution is 0.219. The zero-order valence-electron chi connectivity index (χ0n) is 10.2. The third-order valence-electron chi connectivity index (χ3n) is 2.76. The molecule has 0 spiro atoms. The Bertz CT molecular complexity index is 439. The van der Waals surface area contributed by atoms with Gasteiger partial charge < -0.3 is 20.3 Å². The Kier molecular flexibility index (Phi) is 3.86. The molecule has 0 aromatic heterocycles. The molecule has 2 N–H and O–H groups in total. The Hall–Kier alpha value is -1.98. The lowest BCUT2D eigenvalue weighted by Crippen LogP contribution is -2.32. The maximum Gasteiger partial charge on any atom is 0.317 e. The van der Waals surface area contributed by atoms with Gasteiger partial charge in [-0.25, -0.2) is 9.18 Å². The van der Waals surface area contributed by atoms with Gasteiger partial charge in [0.25, 0.3) is 0 Å². The average Bonchev–Trinajstić information content (AvgIpc) is 2.74. The lowest BCUT2D eigenvalue weighted by Gasteiger charge is -2.15. The molecule has 1 aliphatic rings. The van der Waals surface area contributed by atoms with Gasteiger partial charge >= 0.3 is 6.03 Å². The van der Waals surface area contributed by atoms with Crippen LogP contribution in [0, 0.1) is 5.82 Å². The molecule has 98 valence electrons. The molecule has 0 saturated carbocycles. The molecule has 1 aromatic rings. The number of hydrogen-bond donors (Lipinski definition) is 2. The van der Waals surface area contributed by atoms with E-state index in [9.17, 15) is 9.18 Å². The maximum absolute atomic E-state index is 13.2. The fourth-order valence-corrected chi connectivity index (χ4v) is 1.84. The van der Waals surface area contributed by atoms with E-state index in [0.717, 1.165) is 0 Å². The number of amides is 2. The van der Waals surface area contributed by atoms with E-state index in [1.54, 1.807) is 11.0 Å². The van der Waals surface area contributed by atoms with Crippen molar-refractivity contribution in [1.29, 1.82) is 0 Å². The van der Waals surface area contributed by atoms with Crippen LogP contribution in [0.5, 0.6) is 5.75 Å². The van der Waals surface area contributed by atoms with Crippen molar-refractivity contribution in [2.75, 3.05) is 38.6 Å². The fraction of sp³-hybridized carbons (Fsp3) is 0.417. The second kappa shape index (κ2) is 5.57. The van der Waals surface area contributed by atoms with E-state index in [-0.39, 0.29) is 11.8 Å². The summed E-state index contributed by atoms with van der Waals surface area (Å²) in [6.45, 7) is 2.56. The quantitative estimate of drug-likeness (QED) is 0.831. The smallest absolute Gasteiger partial charge is 0.317 e. The molecule has 2 rings (SSSR count). The van der Waals surface area contributed by atoms with Crippen LogP contribution >= 0.6 is 0 Å². The number of urea groups is 1. The van der Waals surface area contributed by atoms with Gasteiger partial charge in [0.2, 0.25) is 0 Å². The molecular weight excluding hydrogens is 237 g/mol. The maximum atomic E-state index is 13.2. The van der Waals surface area contributed by atoms with Crippen LogP contribution in [0.25, 0.3) is 0 Å². The number of anilines is 1. The van der Waals surface area contributed by atoms with Crippen molar-refractivity contribution in [1.82, 2.24) is 10.2 Å². The highest BCUT2D eigenvalue weighted by Gasteiger charge is 2.18. The summed E-state index contributed by atoms with van der Waals surface area (Å²) < 4.78 is 18.2. The SMILES string of the molecule is COc1cc(F)cc(NCCN2CCNC2=O)c1. The summed E-state index contributed by atoms with van der Waals surface area (Å²) >= 11 is 0. The number of benzene rings is 1. The molecule has 0 radical (unpaired) electrons. The molecule has 1 fully saturated rings. The number of carbonyl (C=O) groups is 1. The Labute approximate surface area is 105 Å². The van der Waals surface area contributed by atoms with Crippen LogP contribution in [0.3, 0.4) is 0 Å². The largest absolute Gasteiger partial charge is 0.497 e. The molecule has 0 bridgehead atoms. The summed E-state index contributed by atoms with van der Waals surface area (Å²) in [5, 5.41) is 5.79. The number of methoxy groups -OCH3 is 1. The summed E-state index contributed by atoms with van der Waals surface area (Å²) in [7, 11) is 1.49. The van der Waals surface area contributed by atoms with E-state index >= 15 is 0 Å². The van der Waals surface area contributed by atoms with Gasteiger partial charge in [0, 0.05) is 44.0 Å². The summed E-state index contributed by atoms with van der Waals surface area (Å²) in [6.07, 6.45) is 0. The van der Waals surface area contributed by atoms with Crippen molar-refractivity contribution in [3.8, 4) is 5.75 Å². The van der Waals surface area contributed by atoms with Crippen molar-refractivity contribution >= 4 is 11.7 Å². The zero-order chi connectivity index (χ0) is 13.0. The summed E-state index contributed by atoms with van der Waals surface area (Å²) in [5.41, 5.74) is 0.645. The average molecular weight is 253 g/mol. The van der Waals surface area contributed by atoms with E-state index < -0.39 is 0 Å². The molecule has 18 heavy (non-hydrogen) atoms. The van der Waals surface area contributed by atoms with E-state index in [1.165, 1.54) is 19.2 Å². The van der Waals surface area contributed by atoms with Gasteiger partial charge in [-0.3, -0.25) is 0 Å². The normalized spacial score (nSPS) is 14.6. The van der Waals surface area contributed by atoms with Crippen molar-refractivity contribution in [3.05, 3.63) is 24.0 Å². The van der Waals surface area contributed by atoms with E-state index in [2.05, 4.69) is 10.6 Å². The van der Waals surface area contributed by atoms with Crippen LogP contribution in [0.1, 0.15) is 0 Å². The second-order valence-corrected chi connectivity index (χ2v) is 4.03. The monoisotopic (exact) mass is 253 g/mol. The minimum atomic E-state index is -0.351. The van der Waals surface area contributed by atoms with Gasteiger partial charge in [0.05, 0.1) is 7.11 Å². The number of rotatable bonds is 5. The van der Waals surface area contributed by atoms with Crippen molar-refractivity contribution < 1.29 is 13.9 Å². The second-order valence-electron chi connectivity index (χ2n) is 4.03. The van der Waals surface area contributed by atoms with E-state index in [4.69, 9.17) is 4.74 Å². The van der Waals surface area contributed by atoms with E-state index in [1.807, 2.05) is 0 Å². The van der Waals surface area contributed by atoms with Gasteiger partial charge in [-0.15, -0.1) is 0 Å². The number of hydrogen-bond acceptors (Lipinski definition) is 3. The zero-order valence-corrected chi connectivity index (χ0v) is 10.2. The van der Waals surface area contributed by atoms with Gasteiger partial charge in [0.1, 0.15) is 11.6 Å². The minimum Gasteiger partial charge on any atom is -0.497 e. The molecule has 0 aliphatic carbocycles. The van der Waals surface area contributed by atoms with Crippen LogP contribution in [0.4, 0.5) is 14.9 Å². The van der Waals surface area contributed by atoms with Crippen molar-refractivity contribution in [2.45, 2.75) is 0 Å².